The van der Waals surface area contributed by atoms with Gasteiger partial charge in [-0.2, -0.15) is 0 Å². The van der Waals surface area contributed by atoms with E-state index in [2.05, 4.69) is 60.6 Å². The van der Waals surface area contributed by atoms with E-state index in [1.807, 2.05) is 0 Å². The van der Waals surface area contributed by atoms with Gasteiger partial charge in [0.1, 0.15) is 0 Å². The van der Waals surface area contributed by atoms with Gasteiger partial charge < -0.3 is 4.74 Å². The van der Waals surface area contributed by atoms with Crippen LogP contribution in [0.1, 0.15) is 67.7 Å². The quantitative estimate of drug-likeness (QED) is 0.480. The van der Waals surface area contributed by atoms with Crippen LogP contribution in [0.15, 0.2) is 12.2 Å². The molecule has 0 aliphatic heterocycles. The van der Waals surface area contributed by atoms with Crippen molar-refractivity contribution in [1.82, 2.24) is 0 Å². The molecule has 0 fully saturated rings. The van der Waals surface area contributed by atoms with Gasteiger partial charge in [0.15, 0.2) is 0 Å². The van der Waals surface area contributed by atoms with Crippen LogP contribution in [0.5, 0.6) is 0 Å². The van der Waals surface area contributed by atoms with Gasteiger partial charge in [0.2, 0.25) is 0 Å². The van der Waals surface area contributed by atoms with Crippen molar-refractivity contribution in [2.24, 2.45) is 16.7 Å². The molecule has 0 amide bonds. The summed E-state index contributed by atoms with van der Waals surface area (Å²) in [5.74, 6) is 0.385. The first-order valence-electron chi connectivity index (χ1n) is 7.42. The lowest BCUT2D eigenvalue weighted by Gasteiger charge is -2.22. The molecule has 19 heavy (non-hydrogen) atoms. The molecule has 2 nitrogen and oxygen atoms in total. The van der Waals surface area contributed by atoms with E-state index in [0.29, 0.717) is 18.9 Å². The third kappa shape index (κ3) is 10.8. The number of allylic oxidation sites excluding steroid dienone is 2. The molecule has 0 aromatic heterocycles. The Labute approximate surface area is 119 Å². The van der Waals surface area contributed by atoms with Crippen LogP contribution in [0.3, 0.4) is 0 Å². The molecule has 0 aliphatic rings. The fraction of sp³-hybridized carbons (Fsp3) is 0.824. The Balaban J connectivity index is 4.10. The standard InChI is InChI=1S/C17H32O2/c1-8-14(2)13-19-15(18)9-10-17(6,7)12-11-16(3,4)5/h11-12,14H,8-10,13H2,1-7H3/b12-11-. The van der Waals surface area contributed by atoms with Gasteiger partial charge in [-0.3, -0.25) is 4.79 Å². The molecule has 0 N–H and O–H groups in total. The SMILES string of the molecule is CCC(C)COC(=O)CCC(C)(C)/C=C\C(C)(C)C. The zero-order valence-corrected chi connectivity index (χ0v) is 13.9. The summed E-state index contributed by atoms with van der Waals surface area (Å²) >= 11 is 0. The number of ether oxygens (including phenoxy) is 1. The first-order chi connectivity index (χ1) is 8.56. The first-order valence-corrected chi connectivity index (χ1v) is 7.42. The smallest absolute Gasteiger partial charge is 0.305 e. The summed E-state index contributed by atoms with van der Waals surface area (Å²) in [5.41, 5.74) is 0.233. The van der Waals surface area contributed by atoms with Crippen LogP contribution >= 0.6 is 0 Å². The molecule has 0 saturated carbocycles. The van der Waals surface area contributed by atoms with E-state index in [9.17, 15) is 4.79 Å². The van der Waals surface area contributed by atoms with Crippen molar-refractivity contribution in [1.29, 1.82) is 0 Å². The summed E-state index contributed by atoms with van der Waals surface area (Å²) in [6.07, 6.45) is 6.82. The first kappa shape index (κ1) is 18.2. The van der Waals surface area contributed by atoms with Crippen molar-refractivity contribution >= 4 is 5.97 Å². The predicted molar refractivity (Wildman–Crippen MR) is 82.0 cm³/mol. The number of rotatable bonds is 7. The summed E-state index contributed by atoms with van der Waals surface area (Å²) in [5, 5.41) is 0. The summed E-state index contributed by atoms with van der Waals surface area (Å²) in [6.45, 7) is 15.6. The normalized spacial score (nSPS) is 14.7. The van der Waals surface area contributed by atoms with E-state index >= 15 is 0 Å². The van der Waals surface area contributed by atoms with Gasteiger partial charge in [0.05, 0.1) is 6.61 Å². The molecule has 1 unspecified atom stereocenters. The van der Waals surface area contributed by atoms with E-state index < -0.39 is 0 Å². The monoisotopic (exact) mass is 268 g/mol. The highest BCUT2D eigenvalue weighted by Crippen LogP contribution is 2.27. The molecule has 0 radical (unpaired) electrons. The van der Waals surface area contributed by atoms with Crippen molar-refractivity contribution in [3.05, 3.63) is 12.2 Å². The zero-order valence-electron chi connectivity index (χ0n) is 13.9. The van der Waals surface area contributed by atoms with Crippen LogP contribution in [0.4, 0.5) is 0 Å². The molecule has 0 aromatic carbocycles. The van der Waals surface area contributed by atoms with Gasteiger partial charge in [-0.1, -0.05) is 67.0 Å². The van der Waals surface area contributed by atoms with Crippen molar-refractivity contribution in [2.75, 3.05) is 6.61 Å². The maximum atomic E-state index is 11.7. The Kier molecular flexibility index (Phi) is 7.39. The number of carbonyl (C=O) groups excluding carboxylic acids is 1. The number of carbonyl (C=O) groups is 1. The second kappa shape index (κ2) is 7.72. The molecule has 0 aromatic rings. The molecule has 0 rings (SSSR count). The molecule has 0 bridgehead atoms. The molecule has 1 atom stereocenters. The third-order valence-electron chi connectivity index (χ3n) is 3.23. The summed E-state index contributed by atoms with van der Waals surface area (Å²) in [4.78, 5) is 11.7. The van der Waals surface area contributed by atoms with Gasteiger partial charge in [-0.25, -0.2) is 0 Å². The van der Waals surface area contributed by atoms with Crippen molar-refractivity contribution < 1.29 is 9.53 Å². The second-order valence-corrected chi connectivity index (χ2v) is 7.38. The minimum atomic E-state index is -0.0717. The zero-order chi connectivity index (χ0) is 15.1. The van der Waals surface area contributed by atoms with E-state index in [1.54, 1.807) is 0 Å². The Hall–Kier alpha value is -0.790. The molecule has 0 heterocycles. The number of hydrogen-bond acceptors (Lipinski definition) is 2. The van der Waals surface area contributed by atoms with Gasteiger partial charge >= 0.3 is 5.97 Å². The Bertz CT molecular complexity index is 295. The fourth-order valence-corrected chi connectivity index (χ4v) is 1.41. The minimum Gasteiger partial charge on any atom is -0.465 e. The largest absolute Gasteiger partial charge is 0.465 e. The lowest BCUT2D eigenvalue weighted by molar-refractivity contribution is -0.145. The minimum absolute atomic E-state index is 0.0443. The molecule has 112 valence electrons. The molecule has 2 heteroatoms. The van der Waals surface area contributed by atoms with Crippen molar-refractivity contribution in [2.45, 2.75) is 67.7 Å². The highest BCUT2D eigenvalue weighted by Gasteiger charge is 2.18. The number of esters is 1. The molecule has 0 aliphatic carbocycles. The van der Waals surface area contributed by atoms with Crippen molar-refractivity contribution in [3.8, 4) is 0 Å². The fourth-order valence-electron chi connectivity index (χ4n) is 1.41. The molecular weight excluding hydrogens is 236 g/mol. The summed E-state index contributed by atoms with van der Waals surface area (Å²) in [6, 6.07) is 0. The van der Waals surface area contributed by atoms with E-state index in [4.69, 9.17) is 4.74 Å². The molecular formula is C17H32O2. The topological polar surface area (TPSA) is 26.3 Å². The van der Waals surface area contributed by atoms with Gasteiger partial charge in [-0.15, -0.1) is 0 Å². The van der Waals surface area contributed by atoms with Crippen LogP contribution in [-0.4, -0.2) is 12.6 Å². The van der Waals surface area contributed by atoms with Crippen LogP contribution in [0.2, 0.25) is 0 Å². The highest BCUT2D eigenvalue weighted by atomic mass is 16.5. The van der Waals surface area contributed by atoms with Gasteiger partial charge in [0, 0.05) is 6.42 Å². The Morgan fingerprint density at radius 2 is 1.74 bits per heavy atom. The van der Waals surface area contributed by atoms with E-state index in [0.717, 1.165) is 12.8 Å². The van der Waals surface area contributed by atoms with E-state index in [1.165, 1.54) is 0 Å². The van der Waals surface area contributed by atoms with Crippen LogP contribution in [0, 0.1) is 16.7 Å². The third-order valence-corrected chi connectivity index (χ3v) is 3.23. The average Bonchev–Trinajstić information content (AvgIpc) is 2.30. The lowest BCUT2D eigenvalue weighted by atomic mass is 9.84. The van der Waals surface area contributed by atoms with Crippen LogP contribution < -0.4 is 0 Å². The Morgan fingerprint density at radius 3 is 2.21 bits per heavy atom. The predicted octanol–water partition coefficient (Wildman–Crippen LogP) is 4.98. The second-order valence-electron chi connectivity index (χ2n) is 7.38. The lowest BCUT2D eigenvalue weighted by Crippen LogP contribution is -2.16. The Morgan fingerprint density at radius 1 is 1.16 bits per heavy atom. The number of hydrogen-bond donors (Lipinski definition) is 0. The van der Waals surface area contributed by atoms with Gasteiger partial charge in [0.25, 0.3) is 0 Å². The average molecular weight is 268 g/mol. The maximum absolute atomic E-state index is 11.7. The summed E-state index contributed by atoms with van der Waals surface area (Å²) in [7, 11) is 0. The van der Waals surface area contributed by atoms with Crippen LogP contribution in [0.25, 0.3) is 0 Å². The highest BCUT2D eigenvalue weighted by molar-refractivity contribution is 5.69. The summed E-state index contributed by atoms with van der Waals surface area (Å²) < 4.78 is 5.27. The van der Waals surface area contributed by atoms with E-state index in [-0.39, 0.29) is 16.8 Å². The maximum Gasteiger partial charge on any atom is 0.305 e. The molecule has 0 saturated heterocycles. The molecule has 0 spiro atoms. The van der Waals surface area contributed by atoms with Crippen LogP contribution in [-0.2, 0) is 9.53 Å². The van der Waals surface area contributed by atoms with Gasteiger partial charge in [-0.05, 0) is 23.2 Å². The van der Waals surface area contributed by atoms with Crippen molar-refractivity contribution in [3.63, 3.8) is 0 Å².